The van der Waals surface area contributed by atoms with E-state index in [2.05, 4.69) is 4.72 Å². The molecule has 1 amide bonds. The number of carbonyl (C=O) groups is 1. The molecule has 154 valence electrons. The van der Waals surface area contributed by atoms with Crippen LogP contribution in [0.4, 0.5) is 15.8 Å². The molecule has 0 unspecified atom stereocenters. The van der Waals surface area contributed by atoms with Crippen molar-refractivity contribution in [3.8, 4) is 0 Å². The molecule has 0 radical (unpaired) electrons. The second kappa shape index (κ2) is 7.61. The van der Waals surface area contributed by atoms with E-state index in [0.29, 0.717) is 36.6 Å². The van der Waals surface area contributed by atoms with Crippen molar-refractivity contribution >= 4 is 27.3 Å². The molecule has 0 bridgehead atoms. The molecule has 2 aliphatic heterocycles. The third kappa shape index (κ3) is 3.51. The molecule has 3 aliphatic rings. The molecule has 1 aromatic carbocycles. The van der Waals surface area contributed by atoms with Gasteiger partial charge in [0.1, 0.15) is 6.67 Å². The van der Waals surface area contributed by atoms with E-state index >= 15 is 0 Å². The van der Waals surface area contributed by atoms with E-state index in [0.717, 1.165) is 25.7 Å². The summed E-state index contributed by atoms with van der Waals surface area (Å²) in [5.41, 5.74) is 1.26. The zero-order valence-corrected chi connectivity index (χ0v) is 16.5. The molecule has 9 heteroatoms. The second-order valence-electron chi connectivity index (χ2n) is 7.58. The first kappa shape index (κ1) is 19.6. The minimum Gasteiger partial charge on any atom is -0.338 e. The number of alkyl halides is 1. The molecular weight excluding hydrogens is 387 g/mol. The summed E-state index contributed by atoms with van der Waals surface area (Å²) in [6.07, 6.45) is 4.66. The van der Waals surface area contributed by atoms with Crippen molar-refractivity contribution in [1.29, 1.82) is 0 Å². The van der Waals surface area contributed by atoms with Crippen molar-refractivity contribution in [1.82, 2.24) is 0 Å². The van der Waals surface area contributed by atoms with Gasteiger partial charge in [0.2, 0.25) is 10.0 Å². The maximum atomic E-state index is 13.0. The fraction of sp³-hybridized carbons (Fsp3) is 0.632. The van der Waals surface area contributed by atoms with E-state index in [1.807, 2.05) is 0 Å². The van der Waals surface area contributed by atoms with Gasteiger partial charge in [-0.1, -0.05) is 12.8 Å². The van der Waals surface area contributed by atoms with Crippen LogP contribution in [0.15, 0.2) is 18.2 Å². The van der Waals surface area contributed by atoms with Crippen LogP contribution in [0.25, 0.3) is 0 Å². The number of halogens is 1. The Bertz CT molecular complexity index is 848. The van der Waals surface area contributed by atoms with E-state index in [9.17, 15) is 17.6 Å². The number of nitrogens with zero attached hydrogens (tertiary/aromatic N) is 1. The lowest BCUT2D eigenvalue weighted by Crippen LogP contribution is -2.47. The Kier molecular flexibility index (Phi) is 5.32. The van der Waals surface area contributed by atoms with Gasteiger partial charge in [0.25, 0.3) is 11.7 Å². The molecule has 2 heterocycles. The summed E-state index contributed by atoms with van der Waals surface area (Å²) in [5.74, 6) is -1.80. The second-order valence-corrected chi connectivity index (χ2v) is 9.35. The maximum Gasteiger partial charge on any atom is 0.292 e. The number of sulfonamides is 1. The van der Waals surface area contributed by atoms with Crippen LogP contribution in [0.3, 0.4) is 0 Å². The van der Waals surface area contributed by atoms with E-state index in [1.165, 1.54) is 4.90 Å². The van der Waals surface area contributed by atoms with Gasteiger partial charge in [-0.25, -0.2) is 12.8 Å². The number of anilines is 2. The van der Waals surface area contributed by atoms with Crippen LogP contribution in [0.2, 0.25) is 0 Å². The van der Waals surface area contributed by atoms with Crippen LogP contribution in [-0.2, 0) is 30.1 Å². The number of carbonyl (C=O) groups excluding carboxylic acids is 1. The Morgan fingerprint density at radius 2 is 1.89 bits per heavy atom. The Morgan fingerprint density at radius 1 is 1.18 bits per heavy atom. The molecule has 28 heavy (non-hydrogen) atoms. The lowest BCUT2D eigenvalue weighted by molar-refractivity contribution is -0.256. The standard InChI is InChI=1S/C19H25FN2O5S/c20-8-9-22-17-7-6-15(21-28(24,25)13-14-4-1-2-5-14)12-16(17)19(18(22)23)26-10-3-11-27-19/h6-7,12,14,21H,1-5,8-11,13H2. The van der Waals surface area contributed by atoms with Crippen LogP contribution >= 0.6 is 0 Å². The first-order valence-electron chi connectivity index (χ1n) is 9.76. The summed E-state index contributed by atoms with van der Waals surface area (Å²) in [4.78, 5) is 14.2. The van der Waals surface area contributed by atoms with Crippen molar-refractivity contribution in [3.63, 3.8) is 0 Å². The minimum absolute atomic E-state index is 0.0924. The van der Waals surface area contributed by atoms with Crippen molar-refractivity contribution in [2.24, 2.45) is 5.92 Å². The summed E-state index contributed by atoms with van der Waals surface area (Å²) in [5, 5.41) is 0. The molecule has 1 saturated heterocycles. The molecule has 1 saturated carbocycles. The highest BCUT2D eigenvalue weighted by Crippen LogP contribution is 2.46. The minimum atomic E-state index is -3.51. The van der Waals surface area contributed by atoms with Gasteiger partial charge in [-0.05, 0) is 43.4 Å². The molecule has 1 N–H and O–H groups in total. The summed E-state index contributed by atoms with van der Waals surface area (Å²) < 4.78 is 52.2. The zero-order chi connectivity index (χ0) is 19.8. The fourth-order valence-electron chi connectivity index (χ4n) is 4.33. The van der Waals surface area contributed by atoms with E-state index < -0.39 is 28.4 Å². The molecule has 0 atom stereocenters. The number of fused-ring (bicyclic) bond motifs is 2. The van der Waals surface area contributed by atoms with Gasteiger partial charge in [0.05, 0.1) is 31.2 Å². The number of hydrogen-bond acceptors (Lipinski definition) is 5. The monoisotopic (exact) mass is 412 g/mol. The Balaban J connectivity index is 1.63. The highest BCUT2D eigenvalue weighted by Gasteiger charge is 2.54. The van der Waals surface area contributed by atoms with Crippen LogP contribution in [0, 0.1) is 5.92 Å². The van der Waals surface area contributed by atoms with Gasteiger partial charge in [0, 0.05) is 11.3 Å². The van der Waals surface area contributed by atoms with Crippen LogP contribution in [-0.4, -0.2) is 46.5 Å². The molecule has 1 aromatic rings. The topological polar surface area (TPSA) is 84.9 Å². The van der Waals surface area contributed by atoms with Gasteiger partial charge < -0.3 is 14.4 Å². The average Bonchev–Trinajstić information content (AvgIpc) is 3.24. The predicted octanol–water partition coefficient (Wildman–Crippen LogP) is 2.52. The van der Waals surface area contributed by atoms with Crippen LogP contribution in [0.5, 0.6) is 0 Å². The van der Waals surface area contributed by atoms with Crippen LogP contribution < -0.4 is 9.62 Å². The Hall–Kier alpha value is -1.71. The van der Waals surface area contributed by atoms with Gasteiger partial charge in [0.15, 0.2) is 0 Å². The van der Waals surface area contributed by atoms with Gasteiger partial charge >= 0.3 is 0 Å². The van der Waals surface area contributed by atoms with E-state index in [-0.39, 0.29) is 18.2 Å². The molecule has 2 fully saturated rings. The SMILES string of the molecule is O=C1N(CCF)c2ccc(NS(=O)(=O)CC3CCCC3)cc2C12OCCCO2. The highest BCUT2D eigenvalue weighted by molar-refractivity contribution is 7.92. The molecule has 1 aliphatic carbocycles. The number of benzene rings is 1. The fourth-order valence-corrected chi connectivity index (χ4v) is 5.85. The lowest BCUT2D eigenvalue weighted by Gasteiger charge is -2.32. The molecule has 4 rings (SSSR count). The number of hydrogen-bond donors (Lipinski definition) is 1. The Morgan fingerprint density at radius 3 is 2.57 bits per heavy atom. The molecule has 1 spiro atoms. The number of amides is 1. The van der Waals surface area contributed by atoms with E-state index in [4.69, 9.17) is 9.47 Å². The van der Waals surface area contributed by atoms with E-state index in [1.54, 1.807) is 18.2 Å². The van der Waals surface area contributed by atoms with Crippen molar-refractivity contribution < 1.29 is 27.1 Å². The number of rotatable bonds is 6. The average molecular weight is 412 g/mol. The summed E-state index contributed by atoms with van der Waals surface area (Å²) in [7, 11) is -3.51. The quantitative estimate of drug-likeness (QED) is 0.776. The summed E-state index contributed by atoms with van der Waals surface area (Å²) in [6.45, 7) is -0.122. The van der Waals surface area contributed by atoms with Crippen molar-refractivity contribution in [2.45, 2.75) is 37.9 Å². The van der Waals surface area contributed by atoms with Gasteiger partial charge in [-0.15, -0.1) is 0 Å². The van der Waals surface area contributed by atoms with Gasteiger partial charge in [-0.2, -0.15) is 0 Å². The number of nitrogens with one attached hydrogen (secondary N) is 1. The summed E-state index contributed by atoms with van der Waals surface area (Å²) >= 11 is 0. The lowest BCUT2D eigenvalue weighted by atomic mass is 10.1. The maximum absolute atomic E-state index is 13.0. The zero-order valence-electron chi connectivity index (χ0n) is 15.7. The van der Waals surface area contributed by atoms with Crippen LogP contribution in [0.1, 0.15) is 37.7 Å². The smallest absolute Gasteiger partial charge is 0.292 e. The highest BCUT2D eigenvalue weighted by atomic mass is 32.2. The largest absolute Gasteiger partial charge is 0.338 e. The van der Waals surface area contributed by atoms with Crippen molar-refractivity contribution in [3.05, 3.63) is 23.8 Å². The molecule has 7 nitrogen and oxygen atoms in total. The third-order valence-electron chi connectivity index (χ3n) is 5.58. The molecule has 0 aromatic heterocycles. The number of ether oxygens (including phenoxy) is 2. The molecular formula is C19H25FN2O5S. The predicted molar refractivity (Wildman–Crippen MR) is 102 cm³/mol. The first-order chi connectivity index (χ1) is 13.5. The summed E-state index contributed by atoms with van der Waals surface area (Å²) in [6, 6.07) is 4.78. The van der Waals surface area contributed by atoms with Gasteiger partial charge in [-0.3, -0.25) is 9.52 Å². The van der Waals surface area contributed by atoms with Crippen molar-refractivity contribution in [2.75, 3.05) is 41.8 Å². The normalized spacial score (nSPS) is 22.0. The third-order valence-corrected chi connectivity index (χ3v) is 7.04. The Labute approximate surface area is 164 Å². The first-order valence-corrected chi connectivity index (χ1v) is 11.4.